The second-order valence-corrected chi connectivity index (χ2v) is 8.69. The molecule has 2 aromatic carbocycles. The van der Waals surface area contributed by atoms with Crippen LogP contribution in [0.25, 0.3) is 0 Å². The lowest BCUT2D eigenvalue weighted by Gasteiger charge is -2.10. The molecule has 0 aromatic heterocycles. The van der Waals surface area contributed by atoms with Crippen molar-refractivity contribution >= 4 is 33.3 Å². The number of benzene rings is 2. The summed E-state index contributed by atoms with van der Waals surface area (Å²) in [6.45, 7) is 3.94. The van der Waals surface area contributed by atoms with Crippen molar-refractivity contribution in [3.63, 3.8) is 0 Å². The second-order valence-electron chi connectivity index (χ2n) is 6.52. The molecule has 0 aliphatic carbocycles. The quantitative estimate of drug-likeness (QED) is 0.446. The summed E-state index contributed by atoms with van der Waals surface area (Å²) >= 11 is 6.08. The van der Waals surface area contributed by atoms with Gasteiger partial charge in [-0.25, -0.2) is 18.1 Å². The van der Waals surface area contributed by atoms with Crippen LogP contribution in [0.3, 0.4) is 0 Å². The van der Waals surface area contributed by atoms with Gasteiger partial charge in [-0.3, -0.25) is 0 Å². The van der Waals surface area contributed by atoms with Crippen molar-refractivity contribution in [2.45, 2.75) is 32.2 Å². The summed E-state index contributed by atoms with van der Waals surface area (Å²) in [6, 6.07) is 12.3. The molecule has 0 saturated heterocycles. The number of rotatable bonds is 8. The summed E-state index contributed by atoms with van der Waals surface area (Å²) in [5, 5.41) is 3.44. The number of sulfonamides is 1. The molecular weight excluding hydrogens is 400 g/mol. The summed E-state index contributed by atoms with van der Waals surface area (Å²) in [5.41, 5.74) is 8.23. The van der Waals surface area contributed by atoms with E-state index in [1.54, 1.807) is 51.3 Å². The lowest BCUT2D eigenvalue weighted by Crippen LogP contribution is -2.31. The highest BCUT2D eigenvalue weighted by molar-refractivity contribution is 7.88. The topological polar surface area (TPSA) is 106 Å². The third-order valence-electron chi connectivity index (χ3n) is 3.65. The molecule has 0 atom stereocenters. The van der Waals surface area contributed by atoms with E-state index in [0.29, 0.717) is 28.6 Å². The Morgan fingerprint density at radius 3 is 2.39 bits per heavy atom. The monoisotopic (exact) mass is 424 g/mol. The van der Waals surface area contributed by atoms with Gasteiger partial charge in [-0.2, -0.15) is 0 Å². The first kappa shape index (κ1) is 22.0. The highest BCUT2D eigenvalue weighted by atomic mass is 35.5. The van der Waals surface area contributed by atoms with Gasteiger partial charge in [0.25, 0.3) is 0 Å². The molecule has 0 radical (unpaired) electrons. The lowest BCUT2D eigenvalue weighted by atomic mass is 10.1. The lowest BCUT2D eigenvalue weighted by molar-refractivity contribution is 0.415. The van der Waals surface area contributed by atoms with Gasteiger partial charge in [0.05, 0.1) is 24.4 Å². The van der Waals surface area contributed by atoms with E-state index in [-0.39, 0.29) is 17.8 Å². The van der Waals surface area contributed by atoms with Crippen LogP contribution in [0.2, 0.25) is 5.02 Å². The van der Waals surface area contributed by atoms with Gasteiger partial charge < -0.3 is 15.8 Å². The Bertz CT molecular complexity index is 929. The Labute approximate surface area is 171 Å². The number of halogens is 1. The van der Waals surface area contributed by atoms with Gasteiger partial charge in [0.2, 0.25) is 10.0 Å². The third kappa shape index (κ3) is 7.03. The maximum Gasteiger partial charge on any atom is 0.216 e. The predicted molar refractivity (Wildman–Crippen MR) is 114 cm³/mol. The van der Waals surface area contributed by atoms with Gasteiger partial charge in [0.1, 0.15) is 5.75 Å². The van der Waals surface area contributed by atoms with Crippen LogP contribution in [-0.2, 0) is 22.3 Å². The Hall–Kier alpha value is -2.29. The maximum atomic E-state index is 12.0. The molecule has 0 aliphatic rings. The van der Waals surface area contributed by atoms with Crippen LogP contribution < -0.4 is 20.5 Å². The standard InChI is InChI=1S/C19H25ClN4O3S/c1-13(2)24-28(25,26)12-15-6-4-14(5-7-15)11-22-19(21)23-16-8-9-18(27-3)17(20)10-16/h4-10,13,24H,11-12H2,1-3H3,(H3,21,22,23). The van der Waals surface area contributed by atoms with E-state index in [4.69, 9.17) is 22.1 Å². The van der Waals surface area contributed by atoms with Crippen molar-refractivity contribution < 1.29 is 13.2 Å². The van der Waals surface area contributed by atoms with Gasteiger partial charge >= 0.3 is 0 Å². The van der Waals surface area contributed by atoms with Gasteiger partial charge in [-0.05, 0) is 43.2 Å². The fraction of sp³-hybridized carbons (Fsp3) is 0.316. The van der Waals surface area contributed by atoms with Crippen molar-refractivity contribution in [3.8, 4) is 5.75 Å². The van der Waals surface area contributed by atoms with Crippen LogP contribution in [0.5, 0.6) is 5.75 Å². The third-order valence-corrected chi connectivity index (χ3v) is 5.49. The normalized spacial score (nSPS) is 12.2. The van der Waals surface area contributed by atoms with Gasteiger partial charge in [0.15, 0.2) is 5.96 Å². The Morgan fingerprint density at radius 2 is 1.82 bits per heavy atom. The maximum absolute atomic E-state index is 12.0. The van der Waals surface area contributed by atoms with E-state index in [1.807, 2.05) is 12.1 Å². The number of aliphatic imine (C=N–C) groups is 1. The van der Waals surface area contributed by atoms with Crippen molar-refractivity contribution in [1.29, 1.82) is 0 Å². The number of hydrogen-bond acceptors (Lipinski definition) is 4. The molecule has 9 heteroatoms. The number of nitrogens with one attached hydrogen (secondary N) is 2. The fourth-order valence-corrected chi connectivity index (χ4v) is 4.16. The molecule has 0 aliphatic heterocycles. The average molecular weight is 425 g/mol. The highest BCUT2D eigenvalue weighted by Gasteiger charge is 2.12. The Balaban J connectivity index is 1.95. The molecule has 0 heterocycles. The van der Waals surface area contributed by atoms with Crippen LogP contribution in [0.1, 0.15) is 25.0 Å². The zero-order chi connectivity index (χ0) is 20.7. The van der Waals surface area contributed by atoms with E-state index in [9.17, 15) is 8.42 Å². The van der Waals surface area contributed by atoms with E-state index in [0.717, 1.165) is 5.56 Å². The molecule has 28 heavy (non-hydrogen) atoms. The molecule has 4 N–H and O–H groups in total. The molecular formula is C19H25ClN4O3S. The minimum absolute atomic E-state index is 0.0589. The van der Waals surface area contributed by atoms with Crippen molar-refractivity contribution in [1.82, 2.24) is 4.72 Å². The van der Waals surface area contributed by atoms with Crippen LogP contribution in [0.15, 0.2) is 47.5 Å². The highest BCUT2D eigenvalue weighted by Crippen LogP contribution is 2.27. The summed E-state index contributed by atoms with van der Waals surface area (Å²) in [5.74, 6) is 0.763. The van der Waals surface area contributed by atoms with E-state index in [1.165, 1.54) is 0 Å². The SMILES string of the molecule is COc1ccc(NC(N)=NCc2ccc(CS(=O)(=O)NC(C)C)cc2)cc1Cl. The van der Waals surface area contributed by atoms with E-state index >= 15 is 0 Å². The van der Waals surface area contributed by atoms with Crippen molar-refractivity contribution in [3.05, 3.63) is 58.6 Å². The predicted octanol–water partition coefficient (Wildman–Crippen LogP) is 3.10. The number of guanidine groups is 1. The van der Waals surface area contributed by atoms with Crippen molar-refractivity contribution in [2.75, 3.05) is 12.4 Å². The number of ether oxygens (including phenoxy) is 1. The first-order valence-electron chi connectivity index (χ1n) is 8.67. The van der Waals surface area contributed by atoms with E-state index < -0.39 is 10.0 Å². The number of anilines is 1. The van der Waals surface area contributed by atoms with E-state index in [2.05, 4.69) is 15.0 Å². The van der Waals surface area contributed by atoms with Gasteiger partial charge in [0, 0.05) is 11.7 Å². The van der Waals surface area contributed by atoms with Crippen LogP contribution in [0, 0.1) is 0 Å². The molecule has 0 bridgehead atoms. The zero-order valence-electron chi connectivity index (χ0n) is 16.1. The van der Waals surface area contributed by atoms with Crippen LogP contribution in [0.4, 0.5) is 5.69 Å². The summed E-state index contributed by atoms with van der Waals surface area (Å²) < 4.78 is 31.6. The average Bonchev–Trinajstić information content (AvgIpc) is 2.60. The zero-order valence-corrected chi connectivity index (χ0v) is 17.6. The van der Waals surface area contributed by atoms with Crippen LogP contribution in [-0.4, -0.2) is 27.5 Å². The second kappa shape index (κ2) is 9.77. The molecule has 2 rings (SSSR count). The molecule has 0 amide bonds. The fourth-order valence-electron chi connectivity index (χ4n) is 2.47. The largest absolute Gasteiger partial charge is 0.495 e. The Morgan fingerprint density at radius 1 is 1.18 bits per heavy atom. The summed E-state index contributed by atoms with van der Waals surface area (Å²) in [7, 11) is -1.80. The molecule has 0 saturated carbocycles. The smallest absolute Gasteiger partial charge is 0.216 e. The number of hydrogen-bond donors (Lipinski definition) is 3. The first-order chi connectivity index (χ1) is 13.2. The first-order valence-corrected chi connectivity index (χ1v) is 10.7. The Kier molecular flexibility index (Phi) is 7.68. The van der Waals surface area contributed by atoms with Gasteiger partial charge in [-0.15, -0.1) is 0 Å². The molecule has 2 aromatic rings. The molecule has 7 nitrogen and oxygen atoms in total. The molecule has 152 valence electrons. The molecule has 0 unspecified atom stereocenters. The van der Waals surface area contributed by atoms with Crippen molar-refractivity contribution in [2.24, 2.45) is 10.7 Å². The van der Waals surface area contributed by atoms with Crippen LogP contribution >= 0.6 is 11.6 Å². The molecule has 0 spiro atoms. The summed E-state index contributed by atoms with van der Waals surface area (Å²) in [6.07, 6.45) is 0. The minimum Gasteiger partial charge on any atom is -0.495 e. The molecule has 0 fully saturated rings. The summed E-state index contributed by atoms with van der Waals surface area (Å²) in [4.78, 5) is 4.28. The number of nitrogens with zero attached hydrogens (tertiary/aromatic N) is 1. The van der Waals surface area contributed by atoms with Gasteiger partial charge in [-0.1, -0.05) is 35.9 Å². The minimum atomic E-state index is -3.34. The number of nitrogens with two attached hydrogens (primary N) is 1. The number of methoxy groups -OCH3 is 1.